The largest absolute Gasteiger partial charge is 0.351 e. The molecule has 0 bridgehead atoms. The zero-order valence-electron chi connectivity index (χ0n) is 13.6. The summed E-state index contributed by atoms with van der Waals surface area (Å²) in [6.07, 6.45) is 0.936. The maximum atomic E-state index is 12.2. The molecule has 0 saturated carbocycles. The minimum absolute atomic E-state index is 0.185. The number of halogens is 1. The van der Waals surface area contributed by atoms with Gasteiger partial charge in [-0.1, -0.05) is 25.4 Å². The maximum Gasteiger partial charge on any atom is 0.270 e. The fraction of sp³-hybridized carbons (Fsp3) is 0.353. The minimum Gasteiger partial charge on any atom is -0.351 e. The number of aryl methyl sites for hydroxylation is 1. The van der Waals surface area contributed by atoms with Crippen LogP contribution in [0.1, 0.15) is 36.6 Å². The van der Waals surface area contributed by atoms with Gasteiger partial charge in [0.15, 0.2) is 0 Å². The molecule has 5 nitrogen and oxygen atoms in total. The molecule has 1 aromatic heterocycles. The van der Waals surface area contributed by atoms with Crippen molar-refractivity contribution in [2.75, 3.05) is 11.9 Å². The molecule has 122 valence electrons. The molecule has 2 N–H and O–H groups in total. The summed E-state index contributed by atoms with van der Waals surface area (Å²) in [5.41, 5.74) is 1.20. The highest BCUT2D eigenvalue weighted by molar-refractivity contribution is 6.30. The average molecular weight is 333 g/mol. The molecular formula is C17H21ClN4O. The number of nitrogens with one attached hydrogen (secondary N) is 2. The van der Waals surface area contributed by atoms with E-state index in [-0.39, 0.29) is 5.91 Å². The maximum absolute atomic E-state index is 12.2. The van der Waals surface area contributed by atoms with Gasteiger partial charge >= 0.3 is 0 Å². The van der Waals surface area contributed by atoms with Crippen LogP contribution in [0.2, 0.25) is 5.02 Å². The molecule has 1 heterocycles. The fourth-order valence-corrected chi connectivity index (χ4v) is 2.12. The quantitative estimate of drug-likeness (QED) is 0.840. The highest BCUT2D eigenvalue weighted by atomic mass is 35.5. The summed E-state index contributed by atoms with van der Waals surface area (Å²) in [5.74, 6) is 1.48. The number of carbonyl (C=O) groups excluding carboxylic acids is 1. The van der Waals surface area contributed by atoms with Crippen LogP contribution in [0.3, 0.4) is 0 Å². The van der Waals surface area contributed by atoms with Crippen molar-refractivity contribution >= 4 is 29.0 Å². The monoisotopic (exact) mass is 332 g/mol. The summed E-state index contributed by atoms with van der Waals surface area (Å²) >= 11 is 5.87. The number of nitrogens with zero attached hydrogens (tertiary/aromatic N) is 2. The molecular weight excluding hydrogens is 312 g/mol. The molecule has 0 aliphatic rings. The number of rotatable bonds is 6. The van der Waals surface area contributed by atoms with Gasteiger partial charge in [0, 0.05) is 23.3 Å². The molecule has 0 spiro atoms. The molecule has 1 aromatic carbocycles. The number of aromatic nitrogens is 2. The van der Waals surface area contributed by atoms with Crippen molar-refractivity contribution in [3.63, 3.8) is 0 Å². The van der Waals surface area contributed by atoms with Crippen LogP contribution in [0.25, 0.3) is 0 Å². The van der Waals surface area contributed by atoms with Gasteiger partial charge in [0.2, 0.25) is 0 Å². The first-order chi connectivity index (χ1) is 10.9. The van der Waals surface area contributed by atoms with E-state index in [1.165, 1.54) is 0 Å². The number of amides is 1. The predicted octanol–water partition coefficient (Wildman–Crippen LogP) is 3.96. The summed E-state index contributed by atoms with van der Waals surface area (Å²) < 4.78 is 0. The predicted molar refractivity (Wildman–Crippen MR) is 93.3 cm³/mol. The van der Waals surface area contributed by atoms with Gasteiger partial charge in [0.1, 0.15) is 17.3 Å². The van der Waals surface area contributed by atoms with Crippen molar-refractivity contribution in [1.82, 2.24) is 15.3 Å². The molecule has 0 unspecified atom stereocenters. The summed E-state index contributed by atoms with van der Waals surface area (Å²) in [4.78, 5) is 20.7. The van der Waals surface area contributed by atoms with Crippen LogP contribution in [0.4, 0.5) is 11.5 Å². The molecule has 0 aliphatic heterocycles. The number of benzene rings is 1. The van der Waals surface area contributed by atoms with Crippen LogP contribution in [-0.2, 0) is 0 Å². The van der Waals surface area contributed by atoms with Gasteiger partial charge in [-0.15, -0.1) is 0 Å². The lowest BCUT2D eigenvalue weighted by Crippen LogP contribution is -2.26. The first-order valence-electron chi connectivity index (χ1n) is 7.60. The van der Waals surface area contributed by atoms with Crippen LogP contribution in [0, 0.1) is 12.8 Å². The Bertz CT molecular complexity index is 671. The van der Waals surface area contributed by atoms with Gasteiger partial charge in [-0.25, -0.2) is 9.97 Å². The van der Waals surface area contributed by atoms with Crippen molar-refractivity contribution in [3.8, 4) is 0 Å². The van der Waals surface area contributed by atoms with Crippen molar-refractivity contribution in [2.24, 2.45) is 5.92 Å². The third-order valence-electron chi connectivity index (χ3n) is 3.19. The molecule has 2 rings (SSSR count). The van der Waals surface area contributed by atoms with Crippen molar-refractivity contribution in [3.05, 3.63) is 46.9 Å². The number of anilines is 2. The molecule has 0 atom stereocenters. The van der Waals surface area contributed by atoms with Crippen LogP contribution in [-0.4, -0.2) is 22.4 Å². The Kier molecular flexibility index (Phi) is 5.93. The molecule has 0 fully saturated rings. The van der Waals surface area contributed by atoms with E-state index in [0.29, 0.717) is 34.8 Å². The summed E-state index contributed by atoms with van der Waals surface area (Å²) in [7, 11) is 0. The molecule has 6 heteroatoms. The number of hydrogen-bond acceptors (Lipinski definition) is 4. The van der Waals surface area contributed by atoms with Gasteiger partial charge in [0.05, 0.1) is 0 Å². The summed E-state index contributed by atoms with van der Waals surface area (Å²) in [6.45, 7) is 6.64. The standard InChI is InChI=1S/C17H21ClN4O/c1-11(2)8-9-19-17(23)15-10-16(21-12(3)20-15)22-14-6-4-13(18)5-7-14/h4-7,10-11H,8-9H2,1-3H3,(H,19,23)(H,20,21,22). The van der Waals surface area contributed by atoms with Crippen LogP contribution >= 0.6 is 11.6 Å². The Balaban J connectivity index is 2.08. The highest BCUT2D eigenvalue weighted by Crippen LogP contribution is 2.18. The third kappa shape index (κ3) is 5.53. The zero-order chi connectivity index (χ0) is 16.8. The van der Waals surface area contributed by atoms with Crippen molar-refractivity contribution in [1.29, 1.82) is 0 Å². The van der Waals surface area contributed by atoms with E-state index in [4.69, 9.17) is 11.6 Å². The first-order valence-corrected chi connectivity index (χ1v) is 7.98. The second-order valence-electron chi connectivity index (χ2n) is 5.76. The van der Waals surface area contributed by atoms with Gasteiger partial charge in [0.25, 0.3) is 5.91 Å². The topological polar surface area (TPSA) is 66.9 Å². The first kappa shape index (κ1) is 17.2. The van der Waals surface area contributed by atoms with Crippen LogP contribution < -0.4 is 10.6 Å². The SMILES string of the molecule is Cc1nc(Nc2ccc(Cl)cc2)cc(C(=O)NCCC(C)C)n1. The Labute approximate surface area is 141 Å². The third-order valence-corrected chi connectivity index (χ3v) is 3.45. The van der Waals surface area contributed by atoms with Gasteiger partial charge < -0.3 is 10.6 Å². The normalized spacial score (nSPS) is 10.7. The van der Waals surface area contributed by atoms with Gasteiger partial charge in [-0.2, -0.15) is 0 Å². The van der Waals surface area contributed by atoms with Crippen molar-refractivity contribution in [2.45, 2.75) is 27.2 Å². The second-order valence-corrected chi connectivity index (χ2v) is 6.19. The highest BCUT2D eigenvalue weighted by Gasteiger charge is 2.10. The van der Waals surface area contributed by atoms with E-state index >= 15 is 0 Å². The lowest BCUT2D eigenvalue weighted by molar-refractivity contribution is 0.0946. The van der Waals surface area contributed by atoms with E-state index in [0.717, 1.165) is 12.1 Å². The van der Waals surface area contributed by atoms with Crippen LogP contribution in [0.15, 0.2) is 30.3 Å². The lowest BCUT2D eigenvalue weighted by Gasteiger charge is -2.10. The Morgan fingerprint density at radius 3 is 2.57 bits per heavy atom. The van der Waals surface area contributed by atoms with E-state index in [9.17, 15) is 4.79 Å². The minimum atomic E-state index is -0.185. The number of carbonyl (C=O) groups is 1. The van der Waals surface area contributed by atoms with E-state index in [1.54, 1.807) is 25.1 Å². The molecule has 0 aliphatic carbocycles. The van der Waals surface area contributed by atoms with Gasteiger partial charge in [-0.05, 0) is 43.5 Å². The molecule has 0 saturated heterocycles. The smallest absolute Gasteiger partial charge is 0.270 e. The van der Waals surface area contributed by atoms with E-state index < -0.39 is 0 Å². The zero-order valence-corrected chi connectivity index (χ0v) is 14.3. The van der Waals surface area contributed by atoms with Crippen LogP contribution in [0.5, 0.6) is 0 Å². The Morgan fingerprint density at radius 2 is 1.91 bits per heavy atom. The second kappa shape index (κ2) is 7.92. The average Bonchev–Trinajstić information content (AvgIpc) is 2.48. The lowest BCUT2D eigenvalue weighted by atomic mass is 10.1. The van der Waals surface area contributed by atoms with Gasteiger partial charge in [-0.3, -0.25) is 4.79 Å². The molecule has 23 heavy (non-hydrogen) atoms. The Morgan fingerprint density at radius 1 is 1.22 bits per heavy atom. The summed E-state index contributed by atoms with van der Waals surface area (Å²) in [5, 5.41) is 6.70. The molecule has 0 radical (unpaired) electrons. The van der Waals surface area contributed by atoms with E-state index in [2.05, 4.69) is 34.4 Å². The molecule has 1 amide bonds. The summed E-state index contributed by atoms with van der Waals surface area (Å²) in [6, 6.07) is 8.92. The molecule has 2 aromatic rings. The van der Waals surface area contributed by atoms with Crippen molar-refractivity contribution < 1.29 is 4.79 Å². The Hall–Kier alpha value is -2.14. The number of hydrogen-bond donors (Lipinski definition) is 2. The van der Waals surface area contributed by atoms with E-state index in [1.807, 2.05) is 12.1 Å². The fourth-order valence-electron chi connectivity index (χ4n) is 1.99.